The third-order valence-electron chi connectivity index (χ3n) is 6.35. The Balaban J connectivity index is 1.63. The second-order valence-corrected chi connectivity index (χ2v) is 10.5. The van der Waals surface area contributed by atoms with Gasteiger partial charge in [-0.2, -0.15) is 4.98 Å². The first-order valence-electron chi connectivity index (χ1n) is 12.9. The molecule has 5 rings (SSSR count). The normalized spacial score (nSPS) is 12.7. The van der Waals surface area contributed by atoms with Gasteiger partial charge in [-0.25, -0.2) is 28.4 Å². The highest BCUT2D eigenvalue weighted by atomic mass is 32.1. The topological polar surface area (TPSA) is 124 Å². The number of rotatable bonds is 9. The van der Waals surface area contributed by atoms with Crippen LogP contribution in [0.5, 0.6) is 0 Å². The molecule has 41 heavy (non-hydrogen) atoms. The first kappa shape index (κ1) is 28.1. The molecule has 0 saturated heterocycles. The van der Waals surface area contributed by atoms with Gasteiger partial charge in [-0.3, -0.25) is 10.1 Å². The highest BCUT2D eigenvalue weighted by Gasteiger charge is 2.34. The largest absolute Gasteiger partial charge is 0.353 e. The first-order valence-corrected chi connectivity index (χ1v) is 13.8. The van der Waals surface area contributed by atoms with Gasteiger partial charge in [0.05, 0.1) is 12.2 Å². The number of aromatic nitrogens is 3. The van der Waals surface area contributed by atoms with Crippen molar-refractivity contribution in [2.45, 2.75) is 33.4 Å². The van der Waals surface area contributed by atoms with Gasteiger partial charge in [0, 0.05) is 47.4 Å². The van der Waals surface area contributed by atoms with Crippen molar-refractivity contribution in [2.24, 2.45) is 0 Å². The lowest BCUT2D eigenvalue weighted by Crippen LogP contribution is -2.43. The number of aryl methyl sites for hydroxylation is 1. The molecule has 0 aliphatic carbocycles. The van der Waals surface area contributed by atoms with Crippen LogP contribution in [0.4, 0.5) is 36.2 Å². The number of carbonyl (C=O) groups excluding carboxylic acids is 2. The fourth-order valence-corrected chi connectivity index (χ4v) is 4.90. The molecule has 0 atom stereocenters. The maximum Gasteiger partial charge on any atom is 0.328 e. The van der Waals surface area contributed by atoms with Crippen LogP contribution in [0.1, 0.15) is 35.3 Å². The molecule has 4 N–H and O–H groups in total. The molecule has 1 aliphatic rings. The highest BCUT2D eigenvalue weighted by Crippen LogP contribution is 2.39. The minimum atomic E-state index is -0.916. The Labute approximate surface area is 239 Å². The molecular formula is C28H28F2N8O2S. The van der Waals surface area contributed by atoms with Crippen LogP contribution in [0.2, 0.25) is 0 Å². The Bertz CT molecular complexity index is 1580. The van der Waals surface area contributed by atoms with Crippen molar-refractivity contribution in [3.63, 3.8) is 0 Å². The summed E-state index contributed by atoms with van der Waals surface area (Å²) in [5.74, 6) is -1.98. The highest BCUT2D eigenvalue weighted by molar-refractivity contribution is 7.13. The maximum absolute atomic E-state index is 14.9. The number of amides is 3. The standard InChI is InChI=1S/C28H28F2N8O2S/c1-15(2)31-9-10-32-26-35-22(18-13-17(8-7-16(18)3)25(39)37-27-33-11-12-41-27)19-14-34-28(40)38(24(19)36-26)23-20(29)5-4-6-21(23)30/h4-8,11-13,15,31H,9-10,14H2,1-3H3,(H,34,40)(H,32,35,36)(H,33,37,39). The molecule has 0 bridgehead atoms. The van der Waals surface area contributed by atoms with E-state index >= 15 is 0 Å². The van der Waals surface area contributed by atoms with Gasteiger partial charge < -0.3 is 16.0 Å². The SMILES string of the molecule is Cc1ccc(C(=O)Nc2nccs2)cc1-c1nc(NCCNC(C)C)nc2c1CNC(=O)N2c1c(F)cccc1F. The van der Waals surface area contributed by atoms with Crippen molar-refractivity contribution in [3.8, 4) is 11.3 Å². The van der Waals surface area contributed by atoms with E-state index in [0.717, 1.165) is 22.6 Å². The van der Waals surface area contributed by atoms with Gasteiger partial charge in [0.2, 0.25) is 5.95 Å². The fourth-order valence-electron chi connectivity index (χ4n) is 4.38. The molecular weight excluding hydrogens is 550 g/mol. The summed E-state index contributed by atoms with van der Waals surface area (Å²) < 4.78 is 29.9. The number of hydrogen-bond acceptors (Lipinski definition) is 8. The van der Waals surface area contributed by atoms with E-state index in [9.17, 15) is 18.4 Å². The van der Waals surface area contributed by atoms with Gasteiger partial charge in [0.1, 0.15) is 17.3 Å². The molecule has 3 heterocycles. The van der Waals surface area contributed by atoms with Crippen LogP contribution in [-0.4, -0.2) is 46.0 Å². The molecule has 0 spiro atoms. The van der Waals surface area contributed by atoms with Crippen molar-refractivity contribution >= 4 is 45.9 Å². The number of halogens is 2. The Hall–Kier alpha value is -4.49. The summed E-state index contributed by atoms with van der Waals surface area (Å²) in [4.78, 5) is 40.3. The van der Waals surface area contributed by atoms with E-state index in [1.165, 1.54) is 17.4 Å². The second kappa shape index (κ2) is 11.9. The van der Waals surface area contributed by atoms with Crippen LogP contribution >= 0.6 is 11.3 Å². The van der Waals surface area contributed by atoms with E-state index in [-0.39, 0.29) is 30.3 Å². The lowest BCUT2D eigenvalue weighted by atomic mass is 9.97. The van der Waals surface area contributed by atoms with Crippen LogP contribution < -0.4 is 26.2 Å². The van der Waals surface area contributed by atoms with E-state index in [2.05, 4.69) is 31.2 Å². The van der Waals surface area contributed by atoms with Crippen LogP contribution in [-0.2, 0) is 6.54 Å². The van der Waals surface area contributed by atoms with Crippen LogP contribution in [0, 0.1) is 18.6 Å². The lowest BCUT2D eigenvalue weighted by molar-refractivity contribution is 0.102. The zero-order valence-corrected chi connectivity index (χ0v) is 23.4. The summed E-state index contributed by atoms with van der Waals surface area (Å²) in [6, 6.07) is 8.08. The van der Waals surface area contributed by atoms with Crippen molar-refractivity contribution in [2.75, 3.05) is 28.6 Å². The summed E-state index contributed by atoms with van der Waals surface area (Å²) in [5, 5.41) is 14.1. The zero-order chi connectivity index (χ0) is 29.1. The number of anilines is 4. The van der Waals surface area contributed by atoms with Gasteiger partial charge >= 0.3 is 6.03 Å². The molecule has 4 aromatic rings. The van der Waals surface area contributed by atoms with E-state index in [1.54, 1.807) is 29.8 Å². The van der Waals surface area contributed by atoms with E-state index in [4.69, 9.17) is 4.98 Å². The minimum Gasteiger partial charge on any atom is -0.353 e. The third-order valence-corrected chi connectivity index (χ3v) is 7.03. The van der Waals surface area contributed by atoms with Crippen LogP contribution in [0.25, 0.3) is 11.3 Å². The molecule has 2 aromatic carbocycles. The summed E-state index contributed by atoms with van der Waals surface area (Å²) in [5.41, 5.74) is 2.07. The van der Waals surface area contributed by atoms with Gasteiger partial charge in [-0.15, -0.1) is 11.3 Å². The molecule has 0 saturated carbocycles. The van der Waals surface area contributed by atoms with Crippen molar-refractivity contribution in [1.29, 1.82) is 0 Å². The first-order chi connectivity index (χ1) is 19.7. The average molecular weight is 579 g/mol. The van der Waals surface area contributed by atoms with Crippen LogP contribution in [0.15, 0.2) is 48.0 Å². The Morgan fingerprint density at radius 3 is 2.63 bits per heavy atom. The van der Waals surface area contributed by atoms with E-state index in [0.29, 0.717) is 40.6 Å². The quantitative estimate of drug-likeness (QED) is 0.201. The maximum atomic E-state index is 14.9. The molecule has 3 amide bonds. The third kappa shape index (κ3) is 6.00. The molecule has 0 fully saturated rings. The summed E-state index contributed by atoms with van der Waals surface area (Å²) in [6.07, 6.45) is 1.59. The monoisotopic (exact) mass is 578 g/mol. The van der Waals surface area contributed by atoms with E-state index < -0.39 is 23.4 Å². The predicted molar refractivity (Wildman–Crippen MR) is 155 cm³/mol. The minimum absolute atomic E-state index is 0.0141. The number of para-hydroxylation sites is 1. The average Bonchev–Trinajstić information content (AvgIpc) is 3.45. The lowest BCUT2D eigenvalue weighted by Gasteiger charge is -2.31. The number of benzene rings is 2. The Kier molecular flexibility index (Phi) is 8.17. The van der Waals surface area contributed by atoms with Crippen molar-refractivity contribution in [3.05, 3.63) is 76.3 Å². The molecule has 0 radical (unpaired) electrons. The smallest absolute Gasteiger partial charge is 0.328 e. The summed E-state index contributed by atoms with van der Waals surface area (Å²) >= 11 is 1.30. The summed E-state index contributed by atoms with van der Waals surface area (Å²) in [6.45, 7) is 6.97. The number of nitrogens with one attached hydrogen (secondary N) is 4. The molecule has 2 aromatic heterocycles. The number of urea groups is 1. The van der Waals surface area contributed by atoms with Gasteiger partial charge in [0.15, 0.2) is 10.9 Å². The van der Waals surface area contributed by atoms with E-state index in [1.807, 2.05) is 20.8 Å². The van der Waals surface area contributed by atoms with Gasteiger partial charge in [0.25, 0.3) is 5.91 Å². The second-order valence-electron chi connectivity index (χ2n) is 9.62. The number of fused-ring (bicyclic) bond motifs is 1. The number of nitrogens with zero attached hydrogens (tertiary/aromatic N) is 4. The number of thiazole rings is 1. The van der Waals surface area contributed by atoms with Crippen molar-refractivity contribution < 1.29 is 18.4 Å². The molecule has 0 unspecified atom stereocenters. The molecule has 13 heteroatoms. The number of hydrogen-bond donors (Lipinski definition) is 4. The Morgan fingerprint density at radius 2 is 1.93 bits per heavy atom. The van der Waals surface area contributed by atoms with Crippen LogP contribution in [0.3, 0.4) is 0 Å². The fraction of sp³-hybridized carbons (Fsp3) is 0.250. The number of carbonyl (C=O) groups is 2. The summed E-state index contributed by atoms with van der Waals surface area (Å²) in [7, 11) is 0. The molecule has 1 aliphatic heterocycles. The predicted octanol–water partition coefficient (Wildman–Crippen LogP) is 5.21. The van der Waals surface area contributed by atoms with Gasteiger partial charge in [-0.1, -0.05) is 26.0 Å². The van der Waals surface area contributed by atoms with Crippen molar-refractivity contribution in [1.82, 2.24) is 25.6 Å². The zero-order valence-electron chi connectivity index (χ0n) is 22.6. The molecule has 212 valence electrons. The Morgan fingerprint density at radius 1 is 1.15 bits per heavy atom. The van der Waals surface area contributed by atoms with Gasteiger partial charge in [-0.05, 0) is 36.8 Å². The molecule has 10 nitrogen and oxygen atoms in total.